The number of nitrogens with two attached hydrogens (primary N) is 1. The predicted octanol–water partition coefficient (Wildman–Crippen LogP) is 1.84. The summed E-state index contributed by atoms with van der Waals surface area (Å²) in [4.78, 5) is 0. The van der Waals surface area contributed by atoms with E-state index in [0.717, 1.165) is 11.3 Å². The van der Waals surface area contributed by atoms with Crippen LogP contribution < -0.4 is 5.73 Å². The van der Waals surface area contributed by atoms with Crippen LogP contribution in [0.1, 0.15) is 5.56 Å². The summed E-state index contributed by atoms with van der Waals surface area (Å²) in [6.45, 7) is 0.169. The van der Waals surface area contributed by atoms with Crippen LogP contribution in [0, 0.1) is 5.82 Å². The predicted molar refractivity (Wildman–Crippen MR) is 62.0 cm³/mol. The molecular formula is C10H10BrFN4. The maximum absolute atomic E-state index is 13.3. The summed E-state index contributed by atoms with van der Waals surface area (Å²) in [5.74, 6) is -0.294. The number of aryl methyl sites for hydroxylation is 1. The van der Waals surface area contributed by atoms with Gasteiger partial charge in [-0.3, -0.25) is 0 Å². The number of hydrogen-bond donors (Lipinski definition) is 1. The van der Waals surface area contributed by atoms with Gasteiger partial charge in [0.25, 0.3) is 0 Å². The van der Waals surface area contributed by atoms with E-state index >= 15 is 0 Å². The number of hydrogen-bond acceptors (Lipinski definition) is 3. The van der Waals surface area contributed by atoms with Crippen LogP contribution in [-0.2, 0) is 13.6 Å². The molecule has 2 aromatic rings. The SMILES string of the molecule is Cn1nnc(Br)c1-c1ccc(F)c(CN)c1. The monoisotopic (exact) mass is 284 g/mol. The van der Waals surface area contributed by atoms with Crippen LogP contribution in [0.2, 0.25) is 0 Å². The molecule has 16 heavy (non-hydrogen) atoms. The summed E-state index contributed by atoms with van der Waals surface area (Å²) in [7, 11) is 1.78. The Morgan fingerprint density at radius 3 is 2.81 bits per heavy atom. The second-order valence-electron chi connectivity index (χ2n) is 3.36. The quantitative estimate of drug-likeness (QED) is 0.916. The van der Waals surface area contributed by atoms with Gasteiger partial charge in [-0.2, -0.15) is 0 Å². The lowest BCUT2D eigenvalue weighted by Gasteiger charge is -2.05. The summed E-state index contributed by atoms with van der Waals surface area (Å²) in [6, 6.07) is 4.79. The second-order valence-corrected chi connectivity index (χ2v) is 4.11. The molecule has 0 saturated carbocycles. The molecule has 0 aliphatic carbocycles. The second kappa shape index (κ2) is 4.31. The third-order valence-electron chi connectivity index (χ3n) is 2.32. The molecule has 1 heterocycles. The van der Waals surface area contributed by atoms with Crippen molar-refractivity contribution in [2.45, 2.75) is 6.54 Å². The standard InChI is InChI=1S/C10H10BrFN4/c1-16-9(10(11)14-15-16)6-2-3-8(12)7(4-6)5-13/h2-4H,5,13H2,1H3. The normalized spacial score (nSPS) is 10.8. The van der Waals surface area contributed by atoms with Crippen molar-refractivity contribution in [3.63, 3.8) is 0 Å². The van der Waals surface area contributed by atoms with Gasteiger partial charge >= 0.3 is 0 Å². The minimum atomic E-state index is -0.294. The number of nitrogens with zero attached hydrogens (tertiary/aromatic N) is 3. The van der Waals surface area contributed by atoms with Crippen LogP contribution in [0.4, 0.5) is 4.39 Å². The summed E-state index contributed by atoms with van der Waals surface area (Å²) >= 11 is 3.30. The van der Waals surface area contributed by atoms with Crippen molar-refractivity contribution in [1.29, 1.82) is 0 Å². The van der Waals surface area contributed by atoms with Gasteiger partial charge in [0.05, 0.1) is 0 Å². The molecule has 0 saturated heterocycles. The molecule has 0 unspecified atom stereocenters. The largest absolute Gasteiger partial charge is 0.326 e. The van der Waals surface area contributed by atoms with Crippen LogP contribution in [0.15, 0.2) is 22.8 Å². The molecule has 2 N–H and O–H groups in total. The average Bonchev–Trinajstić information content (AvgIpc) is 2.60. The highest BCUT2D eigenvalue weighted by Gasteiger charge is 2.12. The van der Waals surface area contributed by atoms with Gasteiger partial charge in [-0.1, -0.05) is 5.21 Å². The molecule has 0 spiro atoms. The summed E-state index contributed by atoms with van der Waals surface area (Å²) < 4.78 is 15.5. The molecule has 4 nitrogen and oxygen atoms in total. The fraction of sp³-hybridized carbons (Fsp3) is 0.200. The van der Waals surface area contributed by atoms with E-state index in [2.05, 4.69) is 26.2 Å². The Balaban J connectivity index is 2.57. The molecule has 0 bridgehead atoms. The van der Waals surface area contributed by atoms with E-state index in [-0.39, 0.29) is 12.4 Å². The third-order valence-corrected chi connectivity index (χ3v) is 2.86. The van der Waals surface area contributed by atoms with Crippen molar-refractivity contribution in [2.24, 2.45) is 12.8 Å². The van der Waals surface area contributed by atoms with Crippen molar-refractivity contribution >= 4 is 15.9 Å². The van der Waals surface area contributed by atoms with Gasteiger partial charge in [0.1, 0.15) is 11.5 Å². The van der Waals surface area contributed by atoms with Gasteiger partial charge in [-0.15, -0.1) is 5.10 Å². The van der Waals surface area contributed by atoms with Crippen molar-refractivity contribution in [1.82, 2.24) is 15.0 Å². The molecule has 1 aromatic heterocycles. The van der Waals surface area contributed by atoms with E-state index in [1.54, 1.807) is 23.9 Å². The van der Waals surface area contributed by atoms with Crippen LogP contribution >= 0.6 is 15.9 Å². The molecule has 2 rings (SSSR count). The molecule has 0 atom stereocenters. The van der Waals surface area contributed by atoms with Crippen molar-refractivity contribution in [3.05, 3.63) is 34.2 Å². The van der Waals surface area contributed by atoms with Crippen LogP contribution in [-0.4, -0.2) is 15.0 Å². The van der Waals surface area contributed by atoms with Gasteiger partial charge in [0.15, 0.2) is 4.60 Å². The zero-order chi connectivity index (χ0) is 11.7. The van der Waals surface area contributed by atoms with Gasteiger partial charge in [0.2, 0.25) is 0 Å². The van der Waals surface area contributed by atoms with Crippen molar-refractivity contribution in [2.75, 3.05) is 0 Å². The lowest BCUT2D eigenvalue weighted by atomic mass is 10.1. The molecule has 0 amide bonds. The molecule has 0 fully saturated rings. The highest BCUT2D eigenvalue weighted by atomic mass is 79.9. The molecule has 84 valence electrons. The summed E-state index contributed by atoms with van der Waals surface area (Å²) in [5.41, 5.74) is 7.57. The van der Waals surface area contributed by atoms with Gasteiger partial charge < -0.3 is 5.73 Å². The van der Waals surface area contributed by atoms with E-state index in [1.165, 1.54) is 6.07 Å². The molecular weight excluding hydrogens is 275 g/mol. The number of rotatable bonds is 2. The first-order valence-corrected chi connectivity index (χ1v) is 5.47. The van der Waals surface area contributed by atoms with Crippen LogP contribution in [0.3, 0.4) is 0 Å². The lowest BCUT2D eigenvalue weighted by Crippen LogP contribution is -2.01. The first kappa shape index (κ1) is 11.2. The van der Waals surface area contributed by atoms with Gasteiger partial charge in [-0.25, -0.2) is 9.07 Å². The van der Waals surface area contributed by atoms with E-state index in [0.29, 0.717) is 10.2 Å². The lowest BCUT2D eigenvalue weighted by molar-refractivity contribution is 0.610. The number of benzene rings is 1. The number of halogens is 2. The summed E-state index contributed by atoms with van der Waals surface area (Å²) in [6.07, 6.45) is 0. The number of aromatic nitrogens is 3. The van der Waals surface area contributed by atoms with Crippen molar-refractivity contribution < 1.29 is 4.39 Å². The van der Waals surface area contributed by atoms with E-state index < -0.39 is 0 Å². The smallest absolute Gasteiger partial charge is 0.156 e. The minimum absolute atomic E-state index is 0.169. The topological polar surface area (TPSA) is 56.7 Å². The van der Waals surface area contributed by atoms with Crippen molar-refractivity contribution in [3.8, 4) is 11.3 Å². The Labute approximate surface area is 100 Å². The van der Waals surface area contributed by atoms with Gasteiger partial charge in [0, 0.05) is 24.7 Å². The summed E-state index contributed by atoms with van der Waals surface area (Å²) in [5, 5.41) is 7.74. The zero-order valence-electron chi connectivity index (χ0n) is 8.61. The van der Waals surface area contributed by atoms with E-state index in [4.69, 9.17) is 5.73 Å². The minimum Gasteiger partial charge on any atom is -0.326 e. The fourth-order valence-corrected chi connectivity index (χ4v) is 2.07. The molecule has 0 radical (unpaired) electrons. The Morgan fingerprint density at radius 1 is 1.50 bits per heavy atom. The molecule has 0 aliphatic heterocycles. The van der Waals surface area contributed by atoms with Crippen LogP contribution in [0.5, 0.6) is 0 Å². The Hall–Kier alpha value is -1.27. The third kappa shape index (κ3) is 1.85. The van der Waals surface area contributed by atoms with Gasteiger partial charge in [-0.05, 0) is 34.1 Å². The average molecular weight is 285 g/mol. The Kier molecular flexibility index (Phi) is 3.02. The highest BCUT2D eigenvalue weighted by Crippen LogP contribution is 2.26. The Bertz CT molecular complexity index is 504. The Morgan fingerprint density at radius 2 is 2.25 bits per heavy atom. The maximum Gasteiger partial charge on any atom is 0.156 e. The van der Waals surface area contributed by atoms with Crippen LogP contribution in [0.25, 0.3) is 11.3 Å². The molecule has 6 heteroatoms. The highest BCUT2D eigenvalue weighted by molar-refractivity contribution is 9.10. The molecule has 0 aliphatic rings. The fourth-order valence-electron chi connectivity index (χ4n) is 1.52. The zero-order valence-corrected chi connectivity index (χ0v) is 10.2. The maximum atomic E-state index is 13.3. The molecule has 1 aromatic carbocycles. The first-order valence-electron chi connectivity index (χ1n) is 4.67. The van der Waals surface area contributed by atoms with E-state index in [1.807, 2.05) is 0 Å². The first-order chi connectivity index (χ1) is 7.63. The van der Waals surface area contributed by atoms with E-state index in [9.17, 15) is 4.39 Å².